The highest BCUT2D eigenvalue weighted by atomic mass is 16.5. The van der Waals surface area contributed by atoms with E-state index in [0.29, 0.717) is 40.3 Å². The second-order valence-corrected chi connectivity index (χ2v) is 6.04. The number of carbonyl (C=O) groups excluding carboxylic acids is 1. The van der Waals surface area contributed by atoms with Crippen molar-refractivity contribution in [1.82, 2.24) is 9.97 Å². The van der Waals surface area contributed by atoms with E-state index in [4.69, 9.17) is 4.74 Å². The summed E-state index contributed by atoms with van der Waals surface area (Å²) in [6, 6.07) is 11.1. The van der Waals surface area contributed by atoms with Crippen LogP contribution in [0.3, 0.4) is 0 Å². The number of ether oxygens (including phenoxy) is 1. The lowest BCUT2D eigenvalue weighted by molar-refractivity contribution is -0.138. The smallest absolute Gasteiger partial charge is 0.330 e. The van der Waals surface area contributed by atoms with Gasteiger partial charge in [-0.05, 0) is 24.6 Å². The minimum Gasteiger partial charge on any atom is -0.492 e. The Hall–Kier alpha value is -3.94. The molecule has 1 unspecified atom stereocenters. The molecule has 0 saturated heterocycles. The van der Waals surface area contributed by atoms with Crippen molar-refractivity contribution in [2.24, 2.45) is 0 Å². The highest BCUT2D eigenvalue weighted by molar-refractivity contribution is 6.03. The molecule has 0 spiro atoms. The van der Waals surface area contributed by atoms with Crippen LogP contribution in [0.15, 0.2) is 61.4 Å². The third-order valence-electron chi connectivity index (χ3n) is 4.14. The van der Waals surface area contributed by atoms with Crippen molar-refractivity contribution >= 4 is 34.3 Å². The van der Waals surface area contributed by atoms with Gasteiger partial charge in [-0.25, -0.2) is 14.8 Å². The molecule has 1 amide bonds. The summed E-state index contributed by atoms with van der Waals surface area (Å²) in [6.07, 6.45) is 2.49. The molecule has 0 aliphatic rings. The number of fused-ring (bicyclic) bond motifs is 1. The van der Waals surface area contributed by atoms with Crippen LogP contribution in [0.2, 0.25) is 0 Å². The molecule has 0 aliphatic heterocycles. The van der Waals surface area contributed by atoms with Crippen molar-refractivity contribution < 1.29 is 19.4 Å². The first-order chi connectivity index (χ1) is 14.0. The second kappa shape index (κ2) is 8.83. The van der Waals surface area contributed by atoms with Gasteiger partial charge in [0.2, 0.25) is 5.91 Å². The van der Waals surface area contributed by atoms with Gasteiger partial charge in [0, 0.05) is 11.5 Å². The van der Waals surface area contributed by atoms with E-state index in [9.17, 15) is 14.7 Å². The lowest BCUT2D eigenvalue weighted by Gasteiger charge is -2.18. The van der Waals surface area contributed by atoms with Crippen LogP contribution in [-0.4, -0.2) is 33.6 Å². The Bertz CT molecular complexity index is 1050. The summed E-state index contributed by atoms with van der Waals surface area (Å²) in [4.78, 5) is 32.1. The molecule has 0 fully saturated rings. The zero-order valence-corrected chi connectivity index (χ0v) is 15.8. The summed E-state index contributed by atoms with van der Waals surface area (Å²) in [5.41, 5.74) is 1.53. The van der Waals surface area contributed by atoms with E-state index in [1.165, 1.54) is 6.33 Å². The second-order valence-electron chi connectivity index (χ2n) is 6.04. The number of anilines is 2. The maximum atomic E-state index is 11.8. The summed E-state index contributed by atoms with van der Waals surface area (Å²) in [7, 11) is 0. The van der Waals surface area contributed by atoms with Crippen molar-refractivity contribution in [2.45, 2.75) is 13.0 Å². The van der Waals surface area contributed by atoms with Crippen LogP contribution in [0.1, 0.15) is 18.5 Å². The molecule has 2 aromatic carbocycles. The molecule has 0 bridgehead atoms. The van der Waals surface area contributed by atoms with Gasteiger partial charge in [0.25, 0.3) is 0 Å². The number of aromatic nitrogens is 2. The number of carbonyl (C=O) groups is 2. The zero-order valence-electron chi connectivity index (χ0n) is 15.8. The number of nitrogens with zero attached hydrogens (tertiary/aromatic N) is 2. The first-order valence-corrected chi connectivity index (χ1v) is 8.92. The SMILES string of the molecule is C=CC(=O)Nc1cc2c(NC(C(=O)O)c3ccccc3)ncnc2cc1OCC. The topological polar surface area (TPSA) is 113 Å². The fourth-order valence-corrected chi connectivity index (χ4v) is 2.83. The fourth-order valence-electron chi connectivity index (χ4n) is 2.83. The molecule has 0 aliphatic carbocycles. The van der Waals surface area contributed by atoms with E-state index in [1.54, 1.807) is 36.4 Å². The predicted octanol–water partition coefficient (Wildman–Crippen LogP) is 3.39. The molecule has 0 radical (unpaired) electrons. The number of amides is 1. The quantitative estimate of drug-likeness (QED) is 0.504. The molecule has 3 rings (SSSR count). The van der Waals surface area contributed by atoms with Gasteiger partial charge in [-0.15, -0.1) is 0 Å². The Morgan fingerprint density at radius 3 is 2.66 bits per heavy atom. The molecule has 29 heavy (non-hydrogen) atoms. The van der Waals surface area contributed by atoms with E-state index in [1.807, 2.05) is 13.0 Å². The van der Waals surface area contributed by atoms with E-state index in [2.05, 4.69) is 27.2 Å². The van der Waals surface area contributed by atoms with Crippen LogP contribution in [0, 0.1) is 0 Å². The Morgan fingerprint density at radius 2 is 2.00 bits per heavy atom. The number of nitrogens with one attached hydrogen (secondary N) is 2. The number of carboxylic acid groups (broad SMARTS) is 1. The molecular weight excluding hydrogens is 372 g/mol. The molecular formula is C21H20N4O4. The first kappa shape index (κ1) is 19.8. The number of hydrogen-bond donors (Lipinski definition) is 3. The first-order valence-electron chi connectivity index (χ1n) is 8.92. The van der Waals surface area contributed by atoms with Gasteiger partial charge in [-0.1, -0.05) is 36.9 Å². The Balaban J connectivity index is 2.07. The minimum absolute atomic E-state index is 0.323. The predicted molar refractivity (Wildman–Crippen MR) is 110 cm³/mol. The maximum absolute atomic E-state index is 11.8. The molecule has 0 saturated carbocycles. The fraction of sp³-hybridized carbons (Fsp3) is 0.143. The van der Waals surface area contributed by atoms with E-state index in [-0.39, 0.29) is 0 Å². The van der Waals surface area contributed by atoms with Crippen LogP contribution in [0.25, 0.3) is 10.9 Å². The number of rotatable bonds is 8. The van der Waals surface area contributed by atoms with Gasteiger partial charge >= 0.3 is 5.97 Å². The molecule has 1 aromatic heterocycles. The van der Waals surface area contributed by atoms with Crippen LogP contribution in [0.4, 0.5) is 11.5 Å². The summed E-state index contributed by atoms with van der Waals surface area (Å²) in [6.45, 7) is 5.67. The third-order valence-corrected chi connectivity index (χ3v) is 4.14. The van der Waals surface area contributed by atoms with Crippen molar-refractivity contribution in [3.8, 4) is 5.75 Å². The van der Waals surface area contributed by atoms with Crippen molar-refractivity contribution in [2.75, 3.05) is 17.2 Å². The van der Waals surface area contributed by atoms with Gasteiger partial charge in [0.15, 0.2) is 6.04 Å². The van der Waals surface area contributed by atoms with E-state index < -0.39 is 17.9 Å². The lowest BCUT2D eigenvalue weighted by Crippen LogP contribution is -2.21. The average molecular weight is 392 g/mol. The lowest BCUT2D eigenvalue weighted by atomic mass is 10.1. The summed E-state index contributed by atoms with van der Waals surface area (Å²) >= 11 is 0. The largest absolute Gasteiger partial charge is 0.492 e. The zero-order chi connectivity index (χ0) is 20.8. The maximum Gasteiger partial charge on any atom is 0.330 e. The highest BCUT2D eigenvalue weighted by Crippen LogP contribution is 2.33. The Labute approximate surface area is 167 Å². The van der Waals surface area contributed by atoms with Gasteiger partial charge in [0.05, 0.1) is 17.8 Å². The van der Waals surface area contributed by atoms with Gasteiger partial charge in [-0.3, -0.25) is 4.79 Å². The van der Waals surface area contributed by atoms with Crippen molar-refractivity contribution in [1.29, 1.82) is 0 Å². The molecule has 1 atom stereocenters. The van der Waals surface area contributed by atoms with Crippen molar-refractivity contribution in [3.05, 3.63) is 67.0 Å². The number of aliphatic carboxylic acids is 1. The third kappa shape index (κ3) is 4.49. The average Bonchev–Trinajstić information content (AvgIpc) is 2.73. The molecule has 8 nitrogen and oxygen atoms in total. The Morgan fingerprint density at radius 1 is 1.24 bits per heavy atom. The molecule has 8 heteroatoms. The van der Waals surface area contributed by atoms with Gasteiger partial charge in [0.1, 0.15) is 17.9 Å². The molecule has 148 valence electrons. The highest BCUT2D eigenvalue weighted by Gasteiger charge is 2.21. The summed E-state index contributed by atoms with van der Waals surface area (Å²) in [5, 5.41) is 15.9. The van der Waals surface area contributed by atoms with E-state index in [0.717, 1.165) is 6.08 Å². The normalized spacial score (nSPS) is 11.5. The minimum atomic E-state index is -1.05. The summed E-state index contributed by atoms with van der Waals surface area (Å²) < 4.78 is 5.60. The van der Waals surface area contributed by atoms with Gasteiger partial charge in [-0.2, -0.15) is 0 Å². The number of hydrogen-bond acceptors (Lipinski definition) is 6. The van der Waals surface area contributed by atoms with Crippen LogP contribution >= 0.6 is 0 Å². The van der Waals surface area contributed by atoms with Crippen LogP contribution < -0.4 is 15.4 Å². The molecule has 3 aromatic rings. The molecule has 1 heterocycles. The number of benzene rings is 2. The monoisotopic (exact) mass is 392 g/mol. The van der Waals surface area contributed by atoms with Crippen LogP contribution in [0.5, 0.6) is 5.75 Å². The standard InChI is InChI=1S/C21H20N4O4/c1-3-18(26)24-16-10-14-15(11-17(16)29-4-2)22-12-23-20(14)25-19(21(27)28)13-8-6-5-7-9-13/h3,5-12,19H,1,4H2,2H3,(H,24,26)(H,27,28)(H,22,23,25). The summed E-state index contributed by atoms with van der Waals surface area (Å²) in [5.74, 6) is -0.681. The van der Waals surface area contributed by atoms with E-state index >= 15 is 0 Å². The Kier molecular flexibility index (Phi) is 6.03. The van der Waals surface area contributed by atoms with Crippen molar-refractivity contribution in [3.63, 3.8) is 0 Å². The molecule has 3 N–H and O–H groups in total. The van der Waals surface area contributed by atoms with Crippen LogP contribution in [-0.2, 0) is 9.59 Å². The van der Waals surface area contributed by atoms with Gasteiger partial charge < -0.3 is 20.5 Å². The number of carboxylic acids is 1.